The van der Waals surface area contributed by atoms with E-state index in [-0.39, 0.29) is 18.4 Å². The van der Waals surface area contributed by atoms with Crippen LogP contribution in [0.25, 0.3) is 0 Å². The predicted molar refractivity (Wildman–Crippen MR) is 91.7 cm³/mol. The molecular weight excluding hydrogens is 320 g/mol. The Hall–Kier alpha value is -2.37. The highest BCUT2D eigenvalue weighted by molar-refractivity contribution is 5.91. The first-order chi connectivity index (χ1) is 12.0. The average molecular weight is 344 g/mol. The molecule has 2 aliphatic heterocycles. The third kappa shape index (κ3) is 3.83. The maximum Gasteiger partial charge on any atom is 0.308 e. The number of hydrogen-bond acceptors (Lipinski definition) is 3. The Morgan fingerprint density at radius 2 is 1.92 bits per heavy atom. The number of rotatable bonds is 4. The van der Waals surface area contributed by atoms with Crippen molar-refractivity contribution in [3.8, 4) is 0 Å². The highest BCUT2D eigenvalue weighted by Gasteiger charge is 2.39. The van der Waals surface area contributed by atoms with Gasteiger partial charge in [0.05, 0.1) is 5.92 Å². The Morgan fingerprint density at radius 3 is 2.60 bits per heavy atom. The first-order valence-electron chi connectivity index (χ1n) is 8.82. The maximum absolute atomic E-state index is 12.9. The summed E-state index contributed by atoms with van der Waals surface area (Å²) in [5, 5.41) is 9.21. The molecule has 1 aromatic carbocycles. The molecule has 0 saturated carbocycles. The van der Waals surface area contributed by atoms with Crippen LogP contribution in [0, 0.1) is 12.8 Å². The fraction of sp³-hybridized carbons (Fsp3) is 0.526. The monoisotopic (exact) mass is 344 g/mol. The van der Waals surface area contributed by atoms with Crippen LogP contribution in [0.4, 0.5) is 0 Å². The van der Waals surface area contributed by atoms with Gasteiger partial charge in [0.15, 0.2) is 0 Å². The maximum atomic E-state index is 12.9. The minimum Gasteiger partial charge on any atom is -0.481 e. The van der Waals surface area contributed by atoms with Crippen molar-refractivity contribution in [1.29, 1.82) is 0 Å². The number of nitrogens with zero attached hydrogens (tertiary/aromatic N) is 2. The fourth-order valence-electron chi connectivity index (χ4n) is 3.67. The van der Waals surface area contributed by atoms with Crippen LogP contribution in [0.15, 0.2) is 24.3 Å². The molecule has 1 aromatic rings. The highest BCUT2D eigenvalue weighted by atomic mass is 16.4. The molecule has 2 amide bonds. The third-order valence-electron chi connectivity index (χ3n) is 5.17. The van der Waals surface area contributed by atoms with E-state index in [9.17, 15) is 19.5 Å². The lowest BCUT2D eigenvalue weighted by Crippen LogP contribution is -2.50. The van der Waals surface area contributed by atoms with E-state index >= 15 is 0 Å². The van der Waals surface area contributed by atoms with Gasteiger partial charge in [-0.1, -0.05) is 29.8 Å². The van der Waals surface area contributed by atoms with Crippen molar-refractivity contribution in [2.75, 3.05) is 13.1 Å². The molecule has 0 aromatic heterocycles. The first-order valence-corrected chi connectivity index (χ1v) is 8.82. The second-order valence-electron chi connectivity index (χ2n) is 7.02. The van der Waals surface area contributed by atoms with Gasteiger partial charge in [0.2, 0.25) is 11.8 Å². The molecule has 2 saturated heterocycles. The zero-order valence-corrected chi connectivity index (χ0v) is 14.5. The van der Waals surface area contributed by atoms with Crippen LogP contribution in [0.3, 0.4) is 0 Å². The highest BCUT2D eigenvalue weighted by Crippen LogP contribution is 2.26. The van der Waals surface area contributed by atoms with E-state index in [2.05, 4.69) is 0 Å². The van der Waals surface area contributed by atoms with Crippen molar-refractivity contribution < 1.29 is 19.5 Å². The molecule has 2 heterocycles. The summed E-state index contributed by atoms with van der Waals surface area (Å²) in [6.45, 7) is 3.25. The number of aryl methyl sites for hydroxylation is 1. The van der Waals surface area contributed by atoms with Gasteiger partial charge in [-0.15, -0.1) is 0 Å². The summed E-state index contributed by atoms with van der Waals surface area (Å²) >= 11 is 0. The van der Waals surface area contributed by atoms with Crippen LogP contribution < -0.4 is 0 Å². The minimum atomic E-state index is -0.850. The van der Waals surface area contributed by atoms with Gasteiger partial charge in [-0.05, 0) is 31.7 Å². The SMILES string of the molecule is Cc1ccc(CN2C(=O)CC[C@H]2C(=O)N2CCC[C@@H](C(=O)O)C2)cc1. The number of amides is 2. The Kier molecular flexibility index (Phi) is 5.06. The summed E-state index contributed by atoms with van der Waals surface area (Å²) in [5.41, 5.74) is 2.15. The van der Waals surface area contributed by atoms with Gasteiger partial charge in [-0.3, -0.25) is 14.4 Å². The van der Waals surface area contributed by atoms with Crippen molar-refractivity contribution in [2.24, 2.45) is 5.92 Å². The Balaban J connectivity index is 1.71. The summed E-state index contributed by atoms with van der Waals surface area (Å²) in [6, 6.07) is 7.47. The molecule has 0 unspecified atom stereocenters. The average Bonchev–Trinajstić information content (AvgIpc) is 2.97. The molecule has 134 valence electrons. The number of carbonyl (C=O) groups is 3. The molecule has 0 spiro atoms. The summed E-state index contributed by atoms with van der Waals surface area (Å²) < 4.78 is 0. The molecule has 25 heavy (non-hydrogen) atoms. The second kappa shape index (κ2) is 7.25. The van der Waals surface area contributed by atoms with Gasteiger partial charge in [0, 0.05) is 26.1 Å². The summed E-state index contributed by atoms with van der Waals surface area (Å²) in [5.74, 6) is -1.47. The number of benzene rings is 1. The molecule has 6 nitrogen and oxygen atoms in total. The summed E-state index contributed by atoms with van der Waals surface area (Å²) in [4.78, 5) is 39.7. The number of carboxylic acid groups (broad SMARTS) is 1. The second-order valence-corrected chi connectivity index (χ2v) is 7.02. The molecule has 0 radical (unpaired) electrons. The van der Waals surface area contributed by atoms with E-state index in [1.807, 2.05) is 31.2 Å². The van der Waals surface area contributed by atoms with Crippen LogP contribution in [0.5, 0.6) is 0 Å². The zero-order chi connectivity index (χ0) is 18.0. The summed E-state index contributed by atoms with van der Waals surface area (Å²) in [6.07, 6.45) is 2.19. The van der Waals surface area contributed by atoms with Gasteiger partial charge in [0.25, 0.3) is 0 Å². The van der Waals surface area contributed by atoms with Crippen LogP contribution >= 0.6 is 0 Å². The summed E-state index contributed by atoms with van der Waals surface area (Å²) in [7, 11) is 0. The first kappa shape index (κ1) is 17.5. The van der Waals surface area contributed by atoms with Crippen molar-refractivity contribution in [2.45, 2.75) is 45.2 Å². The van der Waals surface area contributed by atoms with E-state index in [0.717, 1.165) is 11.1 Å². The smallest absolute Gasteiger partial charge is 0.308 e. The fourth-order valence-corrected chi connectivity index (χ4v) is 3.67. The quantitative estimate of drug-likeness (QED) is 0.904. The molecule has 0 aliphatic carbocycles. The minimum absolute atomic E-state index is 0.00859. The van der Waals surface area contributed by atoms with Crippen molar-refractivity contribution in [1.82, 2.24) is 9.80 Å². The predicted octanol–water partition coefficient (Wildman–Crippen LogP) is 1.81. The van der Waals surface area contributed by atoms with Gasteiger partial charge in [-0.25, -0.2) is 0 Å². The van der Waals surface area contributed by atoms with Crippen LogP contribution in [-0.2, 0) is 20.9 Å². The van der Waals surface area contributed by atoms with Crippen LogP contribution in [-0.4, -0.2) is 51.8 Å². The largest absolute Gasteiger partial charge is 0.481 e. The molecule has 2 aliphatic rings. The van der Waals surface area contributed by atoms with Gasteiger partial charge < -0.3 is 14.9 Å². The Bertz CT molecular complexity index is 671. The van der Waals surface area contributed by atoms with Crippen molar-refractivity contribution in [3.63, 3.8) is 0 Å². The number of likely N-dealkylation sites (tertiary alicyclic amines) is 2. The van der Waals surface area contributed by atoms with Crippen LogP contribution in [0.1, 0.15) is 36.8 Å². The van der Waals surface area contributed by atoms with Crippen LogP contribution in [0.2, 0.25) is 0 Å². The Morgan fingerprint density at radius 1 is 1.20 bits per heavy atom. The van der Waals surface area contributed by atoms with Gasteiger partial charge >= 0.3 is 5.97 Å². The molecule has 0 bridgehead atoms. The normalized spacial score (nSPS) is 23.8. The lowest BCUT2D eigenvalue weighted by molar-refractivity contribution is -0.148. The molecule has 2 fully saturated rings. The van der Waals surface area contributed by atoms with E-state index in [4.69, 9.17) is 0 Å². The molecule has 3 rings (SSSR count). The topological polar surface area (TPSA) is 77.9 Å². The van der Waals surface area contributed by atoms with Crippen molar-refractivity contribution in [3.05, 3.63) is 35.4 Å². The number of hydrogen-bond donors (Lipinski definition) is 1. The number of carbonyl (C=O) groups excluding carboxylic acids is 2. The van der Waals surface area contributed by atoms with Gasteiger partial charge in [0.1, 0.15) is 6.04 Å². The zero-order valence-electron chi connectivity index (χ0n) is 14.5. The van der Waals surface area contributed by atoms with Crippen molar-refractivity contribution >= 4 is 17.8 Å². The number of carboxylic acids is 1. The number of aliphatic carboxylic acids is 1. The van der Waals surface area contributed by atoms with E-state index < -0.39 is 17.9 Å². The lowest BCUT2D eigenvalue weighted by atomic mass is 9.97. The molecule has 1 N–H and O–H groups in total. The lowest BCUT2D eigenvalue weighted by Gasteiger charge is -2.35. The molecule has 2 atom stereocenters. The van der Waals surface area contributed by atoms with Gasteiger partial charge in [-0.2, -0.15) is 0 Å². The molecule has 6 heteroatoms. The standard InChI is InChI=1S/C19H24N2O4/c1-13-4-6-14(7-5-13)11-21-16(8-9-17(21)22)18(23)20-10-2-3-15(12-20)19(24)25/h4-7,15-16H,2-3,8-12H2,1H3,(H,24,25)/t15-,16+/m1/s1. The van der Waals surface area contributed by atoms with E-state index in [1.54, 1.807) is 9.80 Å². The molecular formula is C19H24N2O4. The van der Waals surface area contributed by atoms with E-state index in [1.165, 1.54) is 0 Å². The number of piperidine rings is 1. The van der Waals surface area contributed by atoms with E-state index in [0.29, 0.717) is 38.8 Å². The third-order valence-corrected chi connectivity index (χ3v) is 5.17. The Labute approximate surface area is 147 Å².